The zero-order valence-electron chi connectivity index (χ0n) is 12.2. The molecule has 0 saturated carbocycles. The van der Waals surface area contributed by atoms with E-state index in [0.717, 1.165) is 10.4 Å². The average Bonchev–Trinajstić information content (AvgIpc) is 2.95. The molecule has 1 heterocycles. The Kier molecular flexibility index (Phi) is 5.47. The van der Waals surface area contributed by atoms with Crippen LogP contribution < -0.4 is 5.32 Å². The molecule has 0 aliphatic heterocycles. The summed E-state index contributed by atoms with van der Waals surface area (Å²) < 4.78 is 12.8. The van der Waals surface area contributed by atoms with Crippen molar-refractivity contribution in [3.63, 3.8) is 0 Å². The van der Waals surface area contributed by atoms with E-state index in [9.17, 15) is 9.18 Å². The number of amides is 1. The molecule has 0 aliphatic rings. The van der Waals surface area contributed by atoms with E-state index in [1.54, 1.807) is 23.5 Å². The first kappa shape index (κ1) is 15.7. The zero-order chi connectivity index (χ0) is 15.2. The normalized spacial score (nSPS) is 12.4. The van der Waals surface area contributed by atoms with E-state index in [1.807, 2.05) is 36.4 Å². The first-order valence-electron chi connectivity index (χ1n) is 6.80. The third-order valence-corrected chi connectivity index (χ3v) is 4.18. The fourth-order valence-electron chi connectivity index (χ4n) is 2.10. The van der Waals surface area contributed by atoms with Crippen LogP contribution in [-0.2, 0) is 11.3 Å². The molecule has 21 heavy (non-hydrogen) atoms. The molecule has 5 heteroatoms. The molecule has 1 amide bonds. The van der Waals surface area contributed by atoms with E-state index in [2.05, 4.69) is 5.32 Å². The Morgan fingerprint density at radius 3 is 2.67 bits per heavy atom. The molecule has 0 aliphatic carbocycles. The molecule has 1 aromatic carbocycles. The van der Waals surface area contributed by atoms with Crippen molar-refractivity contribution < 1.29 is 9.18 Å². The van der Waals surface area contributed by atoms with Crippen molar-refractivity contribution >= 4 is 17.2 Å². The molecule has 2 aromatic rings. The number of halogens is 1. The van der Waals surface area contributed by atoms with Crippen LogP contribution in [0.5, 0.6) is 0 Å². The Morgan fingerprint density at radius 2 is 2.05 bits per heavy atom. The fraction of sp³-hybridized carbons (Fsp3) is 0.312. The molecule has 3 nitrogen and oxygen atoms in total. The Balaban J connectivity index is 1.80. The number of hydrogen-bond acceptors (Lipinski definition) is 3. The van der Waals surface area contributed by atoms with Gasteiger partial charge in [0.15, 0.2) is 0 Å². The van der Waals surface area contributed by atoms with Crippen molar-refractivity contribution in [3.05, 3.63) is 58.0 Å². The van der Waals surface area contributed by atoms with Crippen LogP contribution in [-0.4, -0.2) is 24.4 Å². The summed E-state index contributed by atoms with van der Waals surface area (Å²) >= 11 is 1.63. The third kappa shape index (κ3) is 4.95. The lowest BCUT2D eigenvalue weighted by Crippen LogP contribution is -2.36. The number of carbonyl (C=O) groups is 1. The van der Waals surface area contributed by atoms with Crippen LogP contribution in [0, 0.1) is 5.82 Å². The highest BCUT2D eigenvalue weighted by Crippen LogP contribution is 2.17. The Labute approximate surface area is 128 Å². The molecule has 0 unspecified atom stereocenters. The van der Waals surface area contributed by atoms with Gasteiger partial charge in [0.05, 0.1) is 12.6 Å². The maximum absolute atomic E-state index is 12.8. The Morgan fingerprint density at radius 1 is 1.33 bits per heavy atom. The number of rotatable bonds is 6. The van der Waals surface area contributed by atoms with Crippen LogP contribution in [0.15, 0.2) is 41.8 Å². The largest absolute Gasteiger partial charge is 0.348 e. The lowest BCUT2D eigenvalue weighted by molar-refractivity contribution is -0.122. The molecule has 1 N–H and O–H groups in total. The predicted octanol–water partition coefficient (Wildman–Crippen LogP) is 3.20. The van der Waals surface area contributed by atoms with Gasteiger partial charge < -0.3 is 5.32 Å². The van der Waals surface area contributed by atoms with E-state index in [1.165, 1.54) is 12.1 Å². The van der Waals surface area contributed by atoms with E-state index < -0.39 is 0 Å². The summed E-state index contributed by atoms with van der Waals surface area (Å²) in [5.74, 6) is -0.260. The van der Waals surface area contributed by atoms with Crippen molar-refractivity contribution in [2.24, 2.45) is 0 Å². The number of carbonyl (C=O) groups excluding carboxylic acids is 1. The third-order valence-electron chi connectivity index (χ3n) is 3.13. The lowest BCUT2D eigenvalue weighted by Gasteiger charge is -2.18. The number of benzene rings is 1. The Bertz CT molecular complexity index is 568. The molecular weight excluding hydrogens is 287 g/mol. The molecule has 0 saturated heterocycles. The number of thiophene rings is 1. The van der Waals surface area contributed by atoms with E-state index >= 15 is 0 Å². The van der Waals surface area contributed by atoms with Crippen LogP contribution in [0.3, 0.4) is 0 Å². The summed E-state index contributed by atoms with van der Waals surface area (Å²) in [5.41, 5.74) is 0.984. The highest BCUT2D eigenvalue weighted by molar-refractivity contribution is 7.10. The van der Waals surface area contributed by atoms with Crippen LogP contribution in [0.1, 0.15) is 23.4 Å². The maximum Gasteiger partial charge on any atom is 0.234 e. The first-order valence-corrected chi connectivity index (χ1v) is 7.68. The highest BCUT2D eigenvalue weighted by atomic mass is 32.1. The van der Waals surface area contributed by atoms with Gasteiger partial charge >= 0.3 is 0 Å². The summed E-state index contributed by atoms with van der Waals surface area (Å²) in [6.45, 7) is 2.90. The van der Waals surface area contributed by atoms with E-state index in [0.29, 0.717) is 13.1 Å². The van der Waals surface area contributed by atoms with Gasteiger partial charge in [-0.05, 0) is 43.1 Å². The van der Waals surface area contributed by atoms with Gasteiger partial charge in [-0.1, -0.05) is 18.2 Å². The monoisotopic (exact) mass is 306 g/mol. The number of nitrogens with zero attached hydrogens (tertiary/aromatic N) is 1. The van der Waals surface area contributed by atoms with Gasteiger partial charge in [0.2, 0.25) is 5.91 Å². The molecule has 112 valence electrons. The van der Waals surface area contributed by atoms with Crippen LogP contribution in [0.4, 0.5) is 4.39 Å². The van der Waals surface area contributed by atoms with Gasteiger partial charge in [0, 0.05) is 11.4 Å². The van der Waals surface area contributed by atoms with Gasteiger partial charge in [-0.25, -0.2) is 4.39 Å². The second-order valence-corrected chi connectivity index (χ2v) is 6.08. The van der Waals surface area contributed by atoms with Crippen molar-refractivity contribution in [1.29, 1.82) is 0 Å². The molecule has 0 fully saturated rings. The second kappa shape index (κ2) is 7.33. The minimum absolute atomic E-state index is 0.0134. The molecule has 1 aromatic heterocycles. The fourth-order valence-corrected chi connectivity index (χ4v) is 2.83. The smallest absolute Gasteiger partial charge is 0.234 e. The minimum Gasteiger partial charge on any atom is -0.348 e. The highest BCUT2D eigenvalue weighted by Gasteiger charge is 2.12. The van der Waals surface area contributed by atoms with Crippen LogP contribution in [0.2, 0.25) is 0 Å². The predicted molar refractivity (Wildman–Crippen MR) is 83.6 cm³/mol. The van der Waals surface area contributed by atoms with Gasteiger partial charge in [0.25, 0.3) is 0 Å². The minimum atomic E-state index is -0.246. The van der Waals surface area contributed by atoms with Crippen molar-refractivity contribution in [3.8, 4) is 0 Å². The summed E-state index contributed by atoms with van der Waals surface area (Å²) in [5, 5.41) is 4.98. The molecule has 0 bridgehead atoms. The molecule has 0 radical (unpaired) electrons. The lowest BCUT2D eigenvalue weighted by atomic mass is 10.2. The zero-order valence-corrected chi connectivity index (χ0v) is 13.0. The van der Waals surface area contributed by atoms with E-state index in [4.69, 9.17) is 0 Å². The quantitative estimate of drug-likeness (QED) is 0.889. The van der Waals surface area contributed by atoms with Crippen molar-refractivity contribution in [1.82, 2.24) is 10.2 Å². The second-order valence-electron chi connectivity index (χ2n) is 5.10. The topological polar surface area (TPSA) is 32.3 Å². The van der Waals surface area contributed by atoms with Crippen molar-refractivity contribution in [2.45, 2.75) is 19.5 Å². The van der Waals surface area contributed by atoms with Crippen LogP contribution >= 0.6 is 11.3 Å². The average molecular weight is 306 g/mol. The molecule has 2 rings (SSSR count). The van der Waals surface area contributed by atoms with Gasteiger partial charge in [-0.15, -0.1) is 11.3 Å². The summed E-state index contributed by atoms with van der Waals surface area (Å²) in [6, 6.07) is 10.3. The van der Waals surface area contributed by atoms with Gasteiger partial charge in [0.1, 0.15) is 5.82 Å². The maximum atomic E-state index is 12.8. The van der Waals surface area contributed by atoms with Gasteiger partial charge in [-0.2, -0.15) is 0 Å². The molecule has 1 atom stereocenters. The van der Waals surface area contributed by atoms with Crippen molar-refractivity contribution in [2.75, 3.05) is 13.6 Å². The number of likely N-dealkylation sites (N-methyl/N-ethyl adjacent to an activating group) is 1. The van der Waals surface area contributed by atoms with E-state index in [-0.39, 0.29) is 17.8 Å². The summed E-state index contributed by atoms with van der Waals surface area (Å²) in [4.78, 5) is 15.0. The molecule has 0 spiro atoms. The summed E-state index contributed by atoms with van der Waals surface area (Å²) in [6.07, 6.45) is 0. The standard InChI is InChI=1S/C16H19FN2OS/c1-12(15-4-3-9-21-15)18-16(20)11-19(2)10-13-5-7-14(17)8-6-13/h3-9,12H,10-11H2,1-2H3,(H,18,20)/t12-/m1/s1. The summed E-state index contributed by atoms with van der Waals surface area (Å²) in [7, 11) is 1.87. The number of nitrogens with one attached hydrogen (secondary N) is 1. The Hall–Kier alpha value is -1.72. The first-order chi connectivity index (χ1) is 10.0. The van der Waals surface area contributed by atoms with Crippen LogP contribution in [0.25, 0.3) is 0 Å². The van der Waals surface area contributed by atoms with Gasteiger partial charge in [-0.3, -0.25) is 9.69 Å². The SMILES string of the molecule is C[C@@H](NC(=O)CN(C)Cc1ccc(F)cc1)c1cccs1. The number of hydrogen-bond donors (Lipinski definition) is 1. The molecular formula is C16H19FN2OS.